The van der Waals surface area contributed by atoms with Gasteiger partial charge in [0.25, 0.3) is 11.8 Å². The van der Waals surface area contributed by atoms with E-state index in [2.05, 4.69) is 5.32 Å². The summed E-state index contributed by atoms with van der Waals surface area (Å²) in [6.45, 7) is 4.13. The third-order valence-electron chi connectivity index (χ3n) is 5.52. The molecule has 1 aliphatic rings. The van der Waals surface area contributed by atoms with Crippen molar-refractivity contribution in [1.29, 1.82) is 0 Å². The highest BCUT2D eigenvalue weighted by atomic mass is 35.5. The molecule has 1 atom stereocenters. The topological polar surface area (TPSA) is 86.8 Å². The second-order valence-electron chi connectivity index (χ2n) is 7.74. The second-order valence-corrected chi connectivity index (χ2v) is 8.58. The van der Waals surface area contributed by atoms with Crippen molar-refractivity contribution in [2.45, 2.75) is 39.3 Å². The van der Waals surface area contributed by atoms with Crippen molar-refractivity contribution >= 4 is 46.8 Å². The molecule has 1 N–H and O–H groups in total. The standard InChI is InChI=1S/C24H25Cl2N3O4/c1-3-27-22(31)15(2)29(14-16-10-11-17(25)13-20(16)26)21(30)9-6-12-28-23(32)18-7-4-5-8-19(18)24(28)33/h4-5,7-8,10-11,13,15H,3,6,9,12,14H2,1-2H3,(H,27,31). The Labute approximate surface area is 202 Å². The second kappa shape index (κ2) is 10.8. The lowest BCUT2D eigenvalue weighted by Crippen LogP contribution is -2.47. The van der Waals surface area contributed by atoms with Gasteiger partial charge in [0.1, 0.15) is 6.04 Å². The Morgan fingerprint density at radius 1 is 1.06 bits per heavy atom. The van der Waals surface area contributed by atoms with Gasteiger partial charge in [0.15, 0.2) is 0 Å². The molecule has 0 aliphatic carbocycles. The van der Waals surface area contributed by atoms with Crippen LogP contribution in [0.2, 0.25) is 10.0 Å². The molecule has 0 fully saturated rings. The summed E-state index contributed by atoms with van der Waals surface area (Å²) in [5.74, 6) is -1.28. The molecule has 2 aromatic carbocycles. The number of rotatable bonds is 9. The van der Waals surface area contributed by atoms with E-state index in [-0.39, 0.29) is 49.6 Å². The lowest BCUT2D eigenvalue weighted by atomic mass is 10.1. The van der Waals surface area contributed by atoms with Crippen LogP contribution in [0, 0.1) is 0 Å². The van der Waals surface area contributed by atoms with Gasteiger partial charge in [0.05, 0.1) is 11.1 Å². The Bertz CT molecular complexity index is 1050. The fraction of sp³-hybridized carbons (Fsp3) is 0.333. The van der Waals surface area contributed by atoms with E-state index in [1.807, 2.05) is 0 Å². The van der Waals surface area contributed by atoms with Crippen molar-refractivity contribution in [1.82, 2.24) is 15.1 Å². The van der Waals surface area contributed by atoms with E-state index in [0.717, 1.165) is 4.90 Å². The molecule has 0 saturated carbocycles. The van der Waals surface area contributed by atoms with Gasteiger partial charge in [-0.15, -0.1) is 0 Å². The van der Waals surface area contributed by atoms with Crippen LogP contribution in [0.5, 0.6) is 0 Å². The van der Waals surface area contributed by atoms with Crippen molar-refractivity contribution in [2.75, 3.05) is 13.1 Å². The average molecular weight is 490 g/mol. The molecule has 1 heterocycles. The number of benzene rings is 2. The van der Waals surface area contributed by atoms with E-state index in [0.29, 0.717) is 33.3 Å². The third-order valence-corrected chi connectivity index (χ3v) is 6.11. The number of likely N-dealkylation sites (N-methyl/N-ethyl adjacent to an activating group) is 1. The first kappa shape index (κ1) is 24.7. The van der Waals surface area contributed by atoms with Crippen LogP contribution in [0.25, 0.3) is 0 Å². The summed E-state index contributed by atoms with van der Waals surface area (Å²) >= 11 is 12.3. The monoisotopic (exact) mass is 489 g/mol. The lowest BCUT2D eigenvalue weighted by molar-refractivity contribution is -0.140. The van der Waals surface area contributed by atoms with E-state index in [1.165, 1.54) is 4.90 Å². The fourth-order valence-electron chi connectivity index (χ4n) is 3.71. The molecule has 1 aliphatic heterocycles. The van der Waals surface area contributed by atoms with Gasteiger partial charge in [-0.1, -0.05) is 41.4 Å². The maximum absolute atomic E-state index is 13.1. The van der Waals surface area contributed by atoms with Gasteiger partial charge in [-0.25, -0.2) is 0 Å². The Balaban J connectivity index is 1.69. The van der Waals surface area contributed by atoms with Crippen molar-refractivity contribution in [3.63, 3.8) is 0 Å². The zero-order valence-electron chi connectivity index (χ0n) is 18.4. The first-order valence-electron chi connectivity index (χ1n) is 10.7. The van der Waals surface area contributed by atoms with Crippen molar-refractivity contribution in [2.24, 2.45) is 0 Å². The summed E-state index contributed by atoms with van der Waals surface area (Å²) in [6.07, 6.45) is 0.333. The van der Waals surface area contributed by atoms with Crippen LogP contribution < -0.4 is 5.32 Å². The highest BCUT2D eigenvalue weighted by Gasteiger charge is 2.35. The zero-order valence-corrected chi connectivity index (χ0v) is 19.9. The number of carbonyl (C=O) groups excluding carboxylic acids is 4. The van der Waals surface area contributed by atoms with Crippen LogP contribution in [0.1, 0.15) is 53.0 Å². The first-order valence-corrected chi connectivity index (χ1v) is 11.5. The molecule has 0 saturated heterocycles. The molecule has 174 valence electrons. The van der Waals surface area contributed by atoms with Gasteiger partial charge in [0.2, 0.25) is 11.8 Å². The van der Waals surface area contributed by atoms with Crippen LogP contribution in [0.3, 0.4) is 0 Å². The van der Waals surface area contributed by atoms with Gasteiger partial charge < -0.3 is 10.2 Å². The molecule has 7 nitrogen and oxygen atoms in total. The lowest BCUT2D eigenvalue weighted by Gasteiger charge is -2.29. The number of halogens is 2. The summed E-state index contributed by atoms with van der Waals surface area (Å²) in [6, 6.07) is 10.9. The van der Waals surface area contributed by atoms with E-state index in [4.69, 9.17) is 23.2 Å². The van der Waals surface area contributed by atoms with Crippen LogP contribution in [-0.2, 0) is 16.1 Å². The number of carbonyl (C=O) groups is 4. The smallest absolute Gasteiger partial charge is 0.261 e. The molecule has 0 aromatic heterocycles. The number of nitrogens with one attached hydrogen (secondary N) is 1. The molecule has 3 rings (SSSR count). The maximum Gasteiger partial charge on any atom is 0.261 e. The van der Waals surface area contributed by atoms with E-state index in [1.54, 1.807) is 56.3 Å². The summed E-state index contributed by atoms with van der Waals surface area (Å²) in [5.41, 5.74) is 1.40. The van der Waals surface area contributed by atoms with E-state index in [9.17, 15) is 19.2 Å². The Morgan fingerprint density at radius 3 is 2.27 bits per heavy atom. The summed E-state index contributed by atoms with van der Waals surface area (Å²) in [5, 5.41) is 3.60. The predicted molar refractivity (Wildman–Crippen MR) is 126 cm³/mol. The zero-order chi connectivity index (χ0) is 24.1. The van der Waals surface area contributed by atoms with E-state index < -0.39 is 6.04 Å². The minimum atomic E-state index is -0.733. The average Bonchev–Trinajstić information content (AvgIpc) is 3.03. The van der Waals surface area contributed by atoms with Crippen molar-refractivity contribution < 1.29 is 19.2 Å². The largest absolute Gasteiger partial charge is 0.355 e. The quantitative estimate of drug-likeness (QED) is 0.540. The van der Waals surface area contributed by atoms with E-state index >= 15 is 0 Å². The van der Waals surface area contributed by atoms with Crippen molar-refractivity contribution in [3.05, 3.63) is 69.2 Å². The maximum atomic E-state index is 13.1. The number of hydrogen-bond acceptors (Lipinski definition) is 4. The summed E-state index contributed by atoms with van der Waals surface area (Å²) in [7, 11) is 0. The van der Waals surface area contributed by atoms with Crippen LogP contribution in [0.15, 0.2) is 42.5 Å². The number of hydrogen-bond donors (Lipinski definition) is 1. The molecule has 9 heteroatoms. The van der Waals surface area contributed by atoms with Gasteiger partial charge in [0, 0.05) is 36.1 Å². The third kappa shape index (κ3) is 5.54. The number of imide groups is 1. The minimum absolute atomic E-state index is 0.0579. The predicted octanol–water partition coefficient (Wildman–Crippen LogP) is 3.92. The molecule has 0 spiro atoms. The first-order chi connectivity index (χ1) is 15.7. The minimum Gasteiger partial charge on any atom is -0.355 e. The Hall–Kier alpha value is -2.90. The molecular weight excluding hydrogens is 465 g/mol. The molecule has 2 aromatic rings. The van der Waals surface area contributed by atoms with Gasteiger partial charge >= 0.3 is 0 Å². The number of amides is 4. The fourth-order valence-corrected chi connectivity index (χ4v) is 4.18. The number of nitrogens with zero attached hydrogens (tertiary/aromatic N) is 2. The highest BCUT2D eigenvalue weighted by molar-refractivity contribution is 6.35. The molecule has 0 radical (unpaired) electrons. The summed E-state index contributed by atoms with van der Waals surface area (Å²) < 4.78 is 0. The highest BCUT2D eigenvalue weighted by Crippen LogP contribution is 2.25. The summed E-state index contributed by atoms with van der Waals surface area (Å²) in [4.78, 5) is 53.2. The van der Waals surface area contributed by atoms with Crippen LogP contribution in [-0.4, -0.2) is 52.6 Å². The van der Waals surface area contributed by atoms with Crippen molar-refractivity contribution in [3.8, 4) is 0 Å². The normalized spacial score (nSPS) is 13.6. The van der Waals surface area contributed by atoms with Gasteiger partial charge in [-0.2, -0.15) is 0 Å². The Morgan fingerprint density at radius 2 is 1.70 bits per heavy atom. The molecule has 1 unspecified atom stereocenters. The SMILES string of the molecule is CCNC(=O)C(C)N(Cc1ccc(Cl)cc1Cl)C(=O)CCCN1C(=O)c2ccccc2C1=O. The van der Waals surface area contributed by atoms with Crippen LogP contribution >= 0.6 is 23.2 Å². The molecule has 33 heavy (non-hydrogen) atoms. The van der Waals surface area contributed by atoms with Crippen LogP contribution in [0.4, 0.5) is 0 Å². The molecular formula is C24H25Cl2N3O4. The van der Waals surface area contributed by atoms with Gasteiger partial charge in [-0.3, -0.25) is 24.1 Å². The molecule has 0 bridgehead atoms. The Kier molecular flexibility index (Phi) is 8.10. The number of fused-ring (bicyclic) bond motifs is 1. The molecule has 4 amide bonds. The van der Waals surface area contributed by atoms with Gasteiger partial charge in [-0.05, 0) is 50.1 Å².